The summed E-state index contributed by atoms with van der Waals surface area (Å²) in [5.74, 6) is -0.865. The predicted molar refractivity (Wildman–Crippen MR) is 243 cm³/mol. The van der Waals surface area contributed by atoms with Crippen LogP contribution >= 0.6 is 0 Å². The molecule has 0 aromatic carbocycles. The monoisotopic (exact) mass is 805 g/mol. The first-order chi connectivity index (χ1) is 28.0. The summed E-state index contributed by atoms with van der Waals surface area (Å²) in [6, 6.07) is 0. The molecular weight excluding hydrogens is 709 g/mol. The molecule has 0 N–H and O–H groups in total. The zero-order valence-corrected chi connectivity index (χ0v) is 38.4. The highest BCUT2D eigenvalue weighted by atomic mass is 16.6. The normalized spacial score (nSPS) is 12.0. The van der Waals surface area contributed by atoms with Gasteiger partial charge in [-0.1, -0.05) is 226 Å². The van der Waals surface area contributed by atoms with Crippen LogP contribution in [0, 0.1) is 0 Å². The van der Waals surface area contributed by atoms with E-state index in [1.807, 2.05) is 0 Å². The van der Waals surface area contributed by atoms with E-state index in [1.54, 1.807) is 0 Å². The largest absolute Gasteiger partial charge is 0.462 e. The Morgan fingerprint density at radius 3 is 0.877 bits per heavy atom. The van der Waals surface area contributed by atoms with Crippen molar-refractivity contribution in [1.82, 2.24) is 0 Å². The van der Waals surface area contributed by atoms with E-state index in [4.69, 9.17) is 14.2 Å². The van der Waals surface area contributed by atoms with Crippen molar-refractivity contribution in [2.24, 2.45) is 0 Å². The van der Waals surface area contributed by atoms with Gasteiger partial charge in [0.15, 0.2) is 6.10 Å². The Morgan fingerprint density at radius 1 is 0.333 bits per heavy atom. The number of allylic oxidation sites excluding steroid dienone is 2. The number of unbranched alkanes of at least 4 members (excludes halogenated alkanes) is 33. The maximum absolute atomic E-state index is 12.7. The third kappa shape index (κ3) is 45.1. The lowest BCUT2D eigenvalue weighted by molar-refractivity contribution is -0.167. The lowest BCUT2D eigenvalue weighted by Crippen LogP contribution is -2.30. The minimum absolute atomic E-state index is 0.0685. The number of esters is 3. The van der Waals surface area contributed by atoms with Crippen LogP contribution in [0.25, 0.3) is 0 Å². The molecule has 0 spiro atoms. The highest BCUT2D eigenvalue weighted by Gasteiger charge is 2.19. The summed E-state index contributed by atoms with van der Waals surface area (Å²) in [6.45, 7) is 6.63. The van der Waals surface area contributed by atoms with Crippen molar-refractivity contribution in [2.75, 3.05) is 13.2 Å². The average molecular weight is 805 g/mol. The van der Waals surface area contributed by atoms with E-state index in [9.17, 15) is 14.4 Å². The van der Waals surface area contributed by atoms with Crippen LogP contribution in [-0.2, 0) is 28.6 Å². The molecule has 0 radical (unpaired) electrons. The van der Waals surface area contributed by atoms with Crippen LogP contribution in [-0.4, -0.2) is 37.2 Å². The molecule has 0 aromatic heterocycles. The van der Waals surface area contributed by atoms with Gasteiger partial charge in [0, 0.05) is 19.3 Å². The van der Waals surface area contributed by atoms with Crippen LogP contribution in [0.4, 0.5) is 0 Å². The third-order valence-electron chi connectivity index (χ3n) is 11.3. The molecular formula is C51H96O6. The van der Waals surface area contributed by atoms with E-state index in [1.165, 1.54) is 173 Å². The summed E-state index contributed by atoms with van der Waals surface area (Å²) in [7, 11) is 0. The Morgan fingerprint density at radius 2 is 0.579 bits per heavy atom. The summed E-state index contributed by atoms with van der Waals surface area (Å²) in [5, 5.41) is 0. The number of hydrogen-bond acceptors (Lipinski definition) is 6. The van der Waals surface area contributed by atoms with Gasteiger partial charge in [0.1, 0.15) is 13.2 Å². The van der Waals surface area contributed by atoms with Crippen molar-refractivity contribution in [3.8, 4) is 0 Å². The van der Waals surface area contributed by atoms with Gasteiger partial charge in [-0.3, -0.25) is 14.4 Å². The van der Waals surface area contributed by atoms with Crippen molar-refractivity contribution in [2.45, 2.75) is 284 Å². The Hall–Kier alpha value is -1.85. The summed E-state index contributed by atoms with van der Waals surface area (Å²) in [6.07, 6.45) is 50.5. The van der Waals surface area contributed by atoms with Gasteiger partial charge in [-0.15, -0.1) is 0 Å². The fourth-order valence-corrected chi connectivity index (χ4v) is 7.44. The molecule has 0 bridgehead atoms. The van der Waals surface area contributed by atoms with Crippen molar-refractivity contribution in [1.29, 1.82) is 0 Å². The second-order valence-electron chi connectivity index (χ2n) is 17.1. The highest BCUT2D eigenvalue weighted by molar-refractivity contribution is 5.71. The topological polar surface area (TPSA) is 78.9 Å². The minimum Gasteiger partial charge on any atom is -0.462 e. The summed E-state index contributed by atoms with van der Waals surface area (Å²) in [5.41, 5.74) is 0. The van der Waals surface area contributed by atoms with Gasteiger partial charge in [-0.25, -0.2) is 0 Å². The Balaban J connectivity index is 4.29. The van der Waals surface area contributed by atoms with Gasteiger partial charge >= 0.3 is 17.9 Å². The van der Waals surface area contributed by atoms with Crippen LogP contribution in [0.1, 0.15) is 278 Å². The SMILES string of the molecule is CCCCCCC/C=C\CCCCCCCC(=O)OC(COC(=O)CCCCCCCCCCC)COC(=O)CCCCCCCCCCCCCCCCCC. The number of carbonyl (C=O) groups is 3. The van der Waals surface area contributed by atoms with E-state index in [0.29, 0.717) is 19.3 Å². The van der Waals surface area contributed by atoms with Crippen molar-refractivity contribution in [3.05, 3.63) is 12.2 Å². The van der Waals surface area contributed by atoms with E-state index < -0.39 is 6.10 Å². The van der Waals surface area contributed by atoms with Gasteiger partial charge in [-0.2, -0.15) is 0 Å². The third-order valence-corrected chi connectivity index (χ3v) is 11.3. The van der Waals surface area contributed by atoms with Crippen LogP contribution in [0.2, 0.25) is 0 Å². The number of carbonyl (C=O) groups excluding carboxylic acids is 3. The summed E-state index contributed by atoms with van der Waals surface area (Å²) in [4.78, 5) is 37.8. The van der Waals surface area contributed by atoms with Gasteiger partial charge in [0.25, 0.3) is 0 Å². The molecule has 1 atom stereocenters. The van der Waals surface area contributed by atoms with E-state index in [-0.39, 0.29) is 31.1 Å². The first kappa shape index (κ1) is 55.2. The molecule has 0 aliphatic carbocycles. The molecule has 0 rings (SSSR count). The summed E-state index contributed by atoms with van der Waals surface area (Å²) < 4.78 is 16.7. The van der Waals surface area contributed by atoms with Crippen LogP contribution in [0.15, 0.2) is 12.2 Å². The highest BCUT2D eigenvalue weighted by Crippen LogP contribution is 2.16. The molecule has 0 fully saturated rings. The average Bonchev–Trinajstić information content (AvgIpc) is 3.21. The lowest BCUT2D eigenvalue weighted by atomic mass is 10.0. The molecule has 0 saturated heterocycles. The second kappa shape index (κ2) is 46.8. The smallest absolute Gasteiger partial charge is 0.306 e. The molecule has 6 heteroatoms. The Labute approximate surface area is 354 Å². The van der Waals surface area contributed by atoms with Gasteiger partial charge in [0.05, 0.1) is 0 Å². The molecule has 0 aliphatic heterocycles. The standard InChI is InChI=1S/C51H96O6/c1-4-7-10-13-16-19-21-23-25-26-28-29-32-35-38-41-44-50(53)56-47-48(46-55-49(52)43-40-37-34-31-18-15-12-9-6-3)57-51(54)45-42-39-36-33-30-27-24-22-20-17-14-11-8-5-2/h22,24,48H,4-21,23,25-47H2,1-3H3/b24-22-. The van der Waals surface area contributed by atoms with E-state index >= 15 is 0 Å². The van der Waals surface area contributed by atoms with Crippen molar-refractivity contribution < 1.29 is 28.6 Å². The van der Waals surface area contributed by atoms with Crippen LogP contribution < -0.4 is 0 Å². The number of ether oxygens (including phenoxy) is 3. The van der Waals surface area contributed by atoms with Crippen molar-refractivity contribution in [3.63, 3.8) is 0 Å². The fourth-order valence-electron chi connectivity index (χ4n) is 7.44. The predicted octanol–water partition coefficient (Wildman–Crippen LogP) is 16.2. The first-order valence-corrected chi connectivity index (χ1v) is 25.2. The molecule has 0 amide bonds. The van der Waals surface area contributed by atoms with Crippen LogP contribution in [0.5, 0.6) is 0 Å². The van der Waals surface area contributed by atoms with Gasteiger partial charge in [0.2, 0.25) is 0 Å². The molecule has 1 unspecified atom stereocenters. The number of rotatable bonds is 46. The molecule has 336 valence electrons. The Kier molecular flexibility index (Phi) is 45.3. The zero-order chi connectivity index (χ0) is 41.5. The first-order valence-electron chi connectivity index (χ1n) is 25.2. The molecule has 0 heterocycles. The van der Waals surface area contributed by atoms with Crippen molar-refractivity contribution >= 4 is 17.9 Å². The van der Waals surface area contributed by atoms with Crippen LogP contribution in [0.3, 0.4) is 0 Å². The fraction of sp³-hybridized carbons (Fsp3) is 0.902. The maximum atomic E-state index is 12.7. The van der Waals surface area contributed by atoms with Gasteiger partial charge < -0.3 is 14.2 Å². The zero-order valence-electron chi connectivity index (χ0n) is 38.4. The van der Waals surface area contributed by atoms with E-state index in [0.717, 1.165) is 64.2 Å². The molecule has 0 saturated carbocycles. The van der Waals surface area contributed by atoms with E-state index in [2.05, 4.69) is 32.9 Å². The Bertz CT molecular complexity index is 885. The number of hydrogen-bond donors (Lipinski definition) is 0. The summed E-state index contributed by atoms with van der Waals surface area (Å²) >= 11 is 0. The quantitative estimate of drug-likeness (QED) is 0.0264. The molecule has 0 aliphatic rings. The maximum Gasteiger partial charge on any atom is 0.306 e. The minimum atomic E-state index is -0.766. The molecule has 6 nitrogen and oxygen atoms in total. The molecule has 0 aromatic rings. The molecule has 57 heavy (non-hydrogen) atoms. The van der Waals surface area contributed by atoms with Gasteiger partial charge in [-0.05, 0) is 44.9 Å². The lowest BCUT2D eigenvalue weighted by Gasteiger charge is -2.18. The second-order valence-corrected chi connectivity index (χ2v) is 17.1.